The second kappa shape index (κ2) is 7.64. The van der Waals surface area contributed by atoms with Crippen molar-refractivity contribution in [3.63, 3.8) is 0 Å². The van der Waals surface area contributed by atoms with Crippen molar-refractivity contribution < 1.29 is 19.1 Å². The van der Waals surface area contributed by atoms with E-state index in [1.807, 2.05) is 0 Å². The largest absolute Gasteiger partial charge is 0.484 e. The quantitative estimate of drug-likeness (QED) is 0.829. The van der Waals surface area contributed by atoms with Gasteiger partial charge >= 0.3 is 0 Å². The number of carbonyl (C=O) groups is 2. The number of anilines is 1. The van der Waals surface area contributed by atoms with Crippen molar-refractivity contribution in [3.8, 4) is 5.75 Å². The zero-order valence-corrected chi connectivity index (χ0v) is 12.1. The molecule has 1 fully saturated rings. The van der Waals surface area contributed by atoms with Crippen LogP contribution in [0.25, 0.3) is 0 Å². The SMILES string of the molecule is CC(=O)Nc1cccc(OCC(=O)NCC2CCCO2)c1. The van der Waals surface area contributed by atoms with E-state index in [0.717, 1.165) is 19.4 Å². The van der Waals surface area contributed by atoms with Crippen LogP contribution in [0.1, 0.15) is 19.8 Å². The molecule has 6 nitrogen and oxygen atoms in total. The Morgan fingerprint density at radius 3 is 3.00 bits per heavy atom. The molecule has 0 bridgehead atoms. The fourth-order valence-electron chi connectivity index (χ4n) is 2.10. The Balaban J connectivity index is 1.73. The van der Waals surface area contributed by atoms with E-state index < -0.39 is 0 Å². The van der Waals surface area contributed by atoms with Crippen molar-refractivity contribution >= 4 is 17.5 Å². The summed E-state index contributed by atoms with van der Waals surface area (Å²) in [6.07, 6.45) is 2.16. The molecule has 1 saturated heterocycles. The Bertz CT molecular complexity index is 498. The maximum absolute atomic E-state index is 11.7. The molecule has 6 heteroatoms. The van der Waals surface area contributed by atoms with Crippen LogP contribution in [0.4, 0.5) is 5.69 Å². The Kier molecular flexibility index (Phi) is 5.57. The smallest absolute Gasteiger partial charge is 0.258 e. The van der Waals surface area contributed by atoms with Crippen molar-refractivity contribution in [2.24, 2.45) is 0 Å². The van der Waals surface area contributed by atoms with E-state index in [4.69, 9.17) is 9.47 Å². The van der Waals surface area contributed by atoms with E-state index in [1.54, 1.807) is 24.3 Å². The van der Waals surface area contributed by atoms with Gasteiger partial charge in [-0.3, -0.25) is 9.59 Å². The third-order valence-electron chi connectivity index (χ3n) is 3.08. The highest BCUT2D eigenvalue weighted by Crippen LogP contribution is 2.17. The number of amides is 2. The first-order valence-corrected chi connectivity index (χ1v) is 7.02. The molecule has 114 valence electrons. The molecule has 1 aliphatic heterocycles. The molecule has 1 aromatic carbocycles. The maximum Gasteiger partial charge on any atom is 0.258 e. The summed E-state index contributed by atoms with van der Waals surface area (Å²) < 4.78 is 10.8. The lowest BCUT2D eigenvalue weighted by atomic mass is 10.2. The molecule has 0 aromatic heterocycles. The molecule has 0 spiro atoms. The van der Waals surface area contributed by atoms with Gasteiger partial charge in [0.1, 0.15) is 5.75 Å². The summed E-state index contributed by atoms with van der Waals surface area (Å²) >= 11 is 0. The second-order valence-electron chi connectivity index (χ2n) is 4.94. The van der Waals surface area contributed by atoms with Gasteiger partial charge in [0, 0.05) is 31.8 Å². The van der Waals surface area contributed by atoms with Crippen molar-refractivity contribution in [2.45, 2.75) is 25.9 Å². The van der Waals surface area contributed by atoms with Crippen molar-refractivity contribution in [1.82, 2.24) is 5.32 Å². The fraction of sp³-hybridized carbons (Fsp3) is 0.467. The summed E-state index contributed by atoms with van der Waals surface area (Å²) in [6, 6.07) is 6.92. The van der Waals surface area contributed by atoms with Crippen LogP contribution in [-0.2, 0) is 14.3 Å². The van der Waals surface area contributed by atoms with E-state index in [0.29, 0.717) is 18.0 Å². The zero-order chi connectivity index (χ0) is 15.1. The maximum atomic E-state index is 11.7. The zero-order valence-electron chi connectivity index (χ0n) is 12.1. The highest BCUT2D eigenvalue weighted by molar-refractivity contribution is 5.88. The third kappa shape index (κ3) is 5.43. The highest BCUT2D eigenvalue weighted by atomic mass is 16.5. The van der Waals surface area contributed by atoms with Crippen LogP contribution < -0.4 is 15.4 Å². The lowest BCUT2D eigenvalue weighted by Gasteiger charge is -2.12. The molecule has 0 saturated carbocycles. The number of nitrogens with one attached hydrogen (secondary N) is 2. The lowest BCUT2D eigenvalue weighted by Crippen LogP contribution is -2.35. The standard InChI is InChI=1S/C15H20N2O4/c1-11(18)17-12-4-2-5-13(8-12)21-10-15(19)16-9-14-6-3-7-20-14/h2,4-5,8,14H,3,6-7,9-10H2,1H3,(H,16,19)(H,17,18). The number of benzene rings is 1. The third-order valence-corrected chi connectivity index (χ3v) is 3.08. The summed E-state index contributed by atoms with van der Waals surface area (Å²) in [6.45, 7) is 2.67. The number of hydrogen-bond donors (Lipinski definition) is 2. The van der Waals surface area contributed by atoms with Gasteiger partial charge in [-0.15, -0.1) is 0 Å². The Hall–Kier alpha value is -2.08. The Morgan fingerprint density at radius 2 is 2.29 bits per heavy atom. The minimum Gasteiger partial charge on any atom is -0.484 e. The van der Waals surface area contributed by atoms with Gasteiger partial charge in [-0.25, -0.2) is 0 Å². The second-order valence-corrected chi connectivity index (χ2v) is 4.94. The van der Waals surface area contributed by atoms with E-state index in [1.165, 1.54) is 6.92 Å². The van der Waals surface area contributed by atoms with Crippen molar-refractivity contribution in [2.75, 3.05) is 25.1 Å². The molecule has 2 rings (SSSR count). The summed E-state index contributed by atoms with van der Waals surface area (Å²) in [5.74, 6) is 0.199. The van der Waals surface area contributed by atoms with Gasteiger partial charge in [0.2, 0.25) is 5.91 Å². The molecule has 1 atom stereocenters. The first-order chi connectivity index (χ1) is 10.1. The van der Waals surface area contributed by atoms with Crippen LogP contribution in [-0.4, -0.2) is 37.7 Å². The summed E-state index contributed by atoms with van der Waals surface area (Å²) in [5.41, 5.74) is 0.639. The predicted molar refractivity (Wildman–Crippen MR) is 78.2 cm³/mol. The molecule has 1 unspecified atom stereocenters. The van der Waals surface area contributed by atoms with Gasteiger partial charge in [0.25, 0.3) is 5.91 Å². The van der Waals surface area contributed by atoms with Crippen LogP contribution in [0.3, 0.4) is 0 Å². The molecular weight excluding hydrogens is 272 g/mol. The monoisotopic (exact) mass is 292 g/mol. The summed E-state index contributed by atoms with van der Waals surface area (Å²) in [4.78, 5) is 22.6. The van der Waals surface area contributed by atoms with Gasteiger partial charge in [-0.05, 0) is 25.0 Å². The molecule has 2 N–H and O–H groups in total. The molecule has 21 heavy (non-hydrogen) atoms. The highest BCUT2D eigenvalue weighted by Gasteiger charge is 2.16. The van der Waals surface area contributed by atoms with E-state index in [9.17, 15) is 9.59 Å². The predicted octanol–water partition coefficient (Wildman–Crippen LogP) is 1.32. The van der Waals surface area contributed by atoms with Crippen LogP contribution in [0.15, 0.2) is 24.3 Å². The fourth-order valence-corrected chi connectivity index (χ4v) is 2.10. The summed E-state index contributed by atoms with van der Waals surface area (Å²) in [5, 5.41) is 5.44. The minimum atomic E-state index is -0.185. The molecule has 1 heterocycles. The van der Waals surface area contributed by atoms with Gasteiger partial charge in [-0.1, -0.05) is 6.07 Å². The minimum absolute atomic E-state index is 0.0593. The van der Waals surface area contributed by atoms with Crippen LogP contribution in [0, 0.1) is 0 Å². The van der Waals surface area contributed by atoms with Crippen LogP contribution in [0.2, 0.25) is 0 Å². The Labute approximate surface area is 123 Å². The molecule has 2 amide bonds. The number of hydrogen-bond acceptors (Lipinski definition) is 4. The van der Waals surface area contributed by atoms with Gasteiger partial charge in [0.05, 0.1) is 6.10 Å². The van der Waals surface area contributed by atoms with E-state index >= 15 is 0 Å². The number of carbonyl (C=O) groups excluding carboxylic acids is 2. The van der Waals surface area contributed by atoms with Crippen LogP contribution in [0.5, 0.6) is 5.75 Å². The topological polar surface area (TPSA) is 76.7 Å². The van der Waals surface area contributed by atoms with Crippen molar-refractivity contribution in [3.05, 3.63) is 24.3 Å². The van der Waals surface area contributed by atoms with E-state index in [-0.39, 0.29) is 24.5 Å². The first-order valence-electron chi connectivity index (χ1n) is 7.02. The first kappa shape index (κ1) is 15.3. The number of ether oxygens (including phenoxy) is 2. The lowest BCUT2D eigenvalue weighted by molar-refractivity contribution is -0.123. The Morgan fingerprint density at radius 1 is 1.43 bits per heavy atom. The van der Waals surface area contributed by atoms with Crippen LogP contribution >= 0.6 is 0 Å². The number of rotatable bonds is 6. The molecule has 0 aliphatic carbocycles. The molecule has 1 aliphatic rings. The van der Waals surface area contributed by atoms with Gasteiger partial charge < -0.3 is 20.1 Å². The average Bonchev–Trinajstić information content (AvgIpc) is 2.96. The molecular formula is C15H20N2O4. The molecule has 1 aromatic rings. The summed E-state index contributed by atoms with van der Waals surface area (Å²) in [7, 11) is 0. The average molecular weight is 292 g/mol. The van der Waals surface area contributed by atoms with E-state index in [2.05, 4.69) is 10.6 Å². The molecule has 0 radical (unpaired) electrons. The van der Waals surface area contributed by atoms with Crippen molar-refractivity contribution in [1.29, 1.82) is 0 Å². The van der Waals surface area contributed by atoms with Gasteiger partial charge in [0.15, 0.2) is 6.61 Å². The van der Waals surface area contributed by atoms with Gasteiger partial charge in [-0.2, -0.15) is 0 Å². The normalized spacial score (nSPS) is 17.3.